The van der Waals surface area contributed by atoms with Crippen LogP contribution in [0, 0.1) is 0 Å². The van der Waals surface area contributed by atoms with E-state index < -0.39 is 0 Å². The molecule has 0 spiro atoms. The number of hydrogen-bond acceptors (Lipinski definition) is 1. The highest BCUT2D eigenvalue weighted by atomic mass is 15.1. The molecule has 0 saturated heterocycles. The number of rotatable bonds is 6. The first kappa shape index (κ1) is 26.7. The fraction of sp³-hybridized carbons (Fsp3) is 0. The van der Waals surface area contributed by atoms with Crippen LogP contribution in [0.25, 0.3) is 54.9 Å². The molecule has 0 amide bonds. The smallest absolute Gasteiger partial charge is 0.0467 e. The molecule has 0 N–H and O–H groups in total. The average molecular weight is 574 g/mol. The normalized spacial score (nSPS) is 11.1. The summed E-state index contributed by atoms with van der Waals surface area (Å²) in [7, 11) is 0. The van der Waals surface area contributed by atoms with Crippen LogP contribution in [0.1, 0.15) is 0 Å². The highest BCUT2D eigenvalue weighted by Crippen LogP contribution is 2.40. The molecule has 0 saturated carbocycles. The van der Waals surface area contributed by atoms with Gasteiger partial charge in [0.1, 0.15) is 0 Å². The van der Waals surface area contributed by atoms with Crippen LogP contribution in [0.5, 0.6) is 0 Å². The number of anilines is 3. The minimum absolute atomic E-state index is 1.11. The average Bonchev–Trinajstić information content (AvgIpc) is 3.12. The van der Waals surface area contributed by atoms with E-state index in [1.54, 1.807) is 0 Å². The summed E-state index contributed by atoms with van der Waals surface area (Å²) in [6.07, 6.45) is 0. The lowest BCUT2D eigenvalue weighted by molar-refractivity contribution is 1.28. The Morgan fingerprint density at radius 3 is 1.60 bits per heavy atom. The van der Waals surface area contributed by atoms with Crippen molar-refractivity contribution in [2.75, 3.05) is 4.90 Å². The fourth-order valence-corrected chi connectivity index (χ4v) is 6.36. The molecule has 0 fully saturated rings. The zero-order valence-electron chi connectivity index (χ0n) is 24.8. The number of fused-ring (bicyclic) bond motifs is 2. The van der Waals surface area contributed by atoms with Gasteiger partial charge in [0.25, 0.3) is 0 Å². The molecule has 0 aliphatic carbocycles. The van der Waals surface area contributed by atoms with Gasteiger partial charge in [-0.3, -0.25) is 0 Å². The lowest BCUT2D eigenvalue weighted by atomic mass is 9.97. The molecule has 1 heteroatoms. The van der Waals surface area contributed by atoms with Crippen molar-refractivity contribution < 1.29 is 0 Å². The van der Waals surface area contributed by atoms with Gasteiger partial charge in [-0.05, 0) is 97.4 Å². The Hall–Kier alpha value is -5.92. The highest BCUT2D eigenvalue weighted by molar-refractivity contribution is 5.97. The number of nitrogens with zero attached hydrogens (tertiary/aromatic N) is 1. The van der Waals surface area contributed by atoms with E-state index in [-0.39, 0.29) is 0 Å². The van der Waals surface area contributed by atoms with E-state index in [1.165, 1.54) is 54.9 Å². The van der Waals surface area contributed by atoms with E-state index in [2.05, 4.69) is 193 Å². The highest BCUT2D eigenvalue weighted by Gasteiger charge is 2.15. The maximum atomic E-state index is 2.37. The van der Waals surface area contributed by atoms with Crippen LogP contribution in [0.3, 0.4) is 0 Å². The largest absolute Gasteiger partial charge is 0.310 e. The van der Waals surface area contributed by atoms with E-state index in [4.69, 9.17) is 0 Å². The van der Waals surface area contributed by atoms with Crippen molar-refractivity contribution in [3.8, 4) is 33.4 Å². The third-order valence-corrected chi connectivity index (χ3v) is 8.62. The fourth-order valence-electron chi connectivity index (χ4n) is 6.36. The summed E-state index contributed by atoms with van der Waals surface area (Å²) < 4.78 is 0. The second-order valence-electron chi connectivity index (χ2n) is 11.4. The van der Waals surface area contributed by atoms with Crippen LogP contribution in [-0.2, 0) is 0 Å². The molecule has 8 rings (SSSR count). The van der Waals surface area contributed by atoms with Crippen LogP contribution < -0.4 is 4.90 Å². The van der Waals surface area contributed by atoms with Gasteiger partial charge in [-0.15, -0.1) is 0 Å². The Balaban J connectivity index is 1.26. The van der Waals surface area contributed by atoms with E-state index in [1.807, 2.05) is 0 Å². The summed E-state index contributed by atoms with van der Waals surface area (Å²) in [5.41, 5.74) is 10.6. The molecule has 8 aromatic carbocycles. The van der Waals surface area contributed by atoms with Crippen molar-refractivity contribution in [3.63, 3.8) is 0 Å². The number of benzene rings is 8. The van der Waals surface area contributed by atoms with Gasteiger partial charge in [0.05, 0.1) is 0 Å². The predicted octanol–water partition coefficient (Wildman–Crippen LogP) is 12.5. The topological polar surface area (TPSA) is 3.24 Å². The first-order valence-corrected chi connectivity index (χ1v) is 15.4. The van der Waals surface area contributed by atoms with Crippen molar-refractivity contribution in [2.24, 2.45) is 0 Å². The van der Waals surface area contributed by atoms with Crippen LogP contribution >= 0.6 is 0 Å². The van der Waals surface area contributed by atoms with Crippen molar-refractivity contribution in [2.45, 2.75) is 0 Å². The molecular weight excluding hydrogens is 542 g/mol. The first-order valence-electron chi connectivity index (χ1n) is 15.4. The Morgan fingerprint density at radius 1 is 0.267 bits per heavy atom. The van der Waals surface area contributed by atoms with Gasteiger partial charge >= 0.3 is 0 Å². The van der Waals surface area contributed by atoms with Crippen molar-refractivity contribution in [3.05, 3.63) is 188 Å². The minimum atomic E-state index is 1.11. The van der Waals surface area contributed by atoms with Gasteiger partial charge in [-0.2, -0.15) is 0 Å². The van der Waals surface area contributed by atoms with Crippen LogP contribution in [0.4, 0.5) is 17.1 Å². The lowest BCUT2D eigenvalue weighted by Gasteiger charge is -2.27. The van der Waals surface area contributed by atoms with Crippen LogP contribution in [-0.4, -0.2) is 0 Å². The van der Waals surface area contributed by atoms with Gasteiger partial charge in [0, 0.05) is 17.1 Å². The maximum Gasteiger partial charge on any atom is 0.0467 e. The summed E-state index contributed by atoms with van der Waals surface area (Å²) in [6, 6.07) is 67.7. The third kappa shape index (κ3) is 5.26. The molecule has 1 nitrogen and oxygen atoms in total. The Labute approximate surface area is 264 Å². The molecule has 0 radical (unpaired) electrons. The van der Waals surface area contributed by atoms with Crippen molar-refractivity contribution in [1.29, 1.82) is 0 Å². The zero-order chi connectivity index (χ0) is 30.0. The molecule has 0 unspecified atom stereocenters. The molecule has 0 heterocycles. The predicted molar refractivity (Wildman–Crippen MR) is 192 cm³/mol. The summed E-state index contributed by atoms with van der Waals surface area (Å²) in [4.78, 5) is 2.37. The van der Waals surface area contributed by atoms with Crippen LogP contribution in [0.2, 0.25) is 0 Å². The van der Waals surface area contributed by atoms with E-state index in [9.17, 15) is 0 Å². The quantitative estimate of drug-likeness (QED) is 0.191. The summed E-state index contributed by atoms with van der Waals surface area (Å²) in [6.45, 7) is 0. The van der Waals surface area contributed by atoms with Gasteiger partial charge < -0.3 is 4.90 Å². The Bertz CT molecular complexity index is 2260. The van der Waals surface area contributed by atoms with E-state index in [0.717, 1.165) is 17.1 Å². The van der Waals surface area contributed by atoms with E-state index in [0.29, 0.717) is 0 Å². The van der Waals surface area contributed by atoms with Crippen molar-refractivity contribution >= 4 is 38.6 Å². The van der Waals surface area contributed by atoms with Crippen LogP contribution in [0.15, 0.2) is 188 Å². The van der Waals surface area contributed by atoms with Gasteiger partial charge in [0.15, 0.2) is 0 Å². The Morgan fingerprint density at radius 2 is 0.800 bits per heavy atom. The van der Waals surface area contributed by atoms with E-state index >= 15 is 0 Å². The van der Waals surface area contributed by atoms with Crippen molar-refractivity contribution in [1.82, 2.24) is 0 Å². The molecule has 0 atom stereocenters. The van der Waals surface area contributed by atoms with Gasteiger partial charge in [-0.1, -0.05) is 146 Å². The number of hydrogen-bond donors (Lipinski definition) is 0. The molecule has 0 bridgehead atoms. The monoisotopic (exact) mass is 573 g/mol. The molecule has 0 aliphatic rings. The SMILES string of the molecule is c1ccc(-c2ccc(N(c3cccc(-c4ccc5ccccc5c4)c3)c3cccc(-c4cccc5ccccc45)c3)cc2)cc1. The van der Waals surface area contributed by atoms with Gasteiger partial charge in [0.2, 0.25) is 0 Å². The molecular formula is C44H31N. The first-order chi connectivity index (χ1) is 22.3. The molecule has 212 valence electrons. The minimum Gasteiger partial charge on any atom is -0.310 e. The zero-order valence-corrected chi connectivity index (χ0v) is 24.8. The molecule has 0 aliphatic heterocycles. The Kier molecular flexibility index (Phi) is 6.90. The van der Waals surface area contributed by atoms with Gasteiger partial charge in [-0.25, -0.2) is 0 Å². The lowest BCUT2D eigenvalue weighted by Crippen LogP contribution is -2.10. The molecule has 8 aromatic rings. The standard InChI is InChI=1S/C44H31N/c1-2-11-32(12-3-1)34-25-27-40(28-26-34)45(41-19-8-17-37(30-41)38-24-23-33-13-4-5-15-36(33)29-38)42-20-9-18-39(31-42)44-22-10-16-35-14-6-7-21-43(35)44/h1-31H. The summed E-state index contributed by atoms with van der Waals surface area (Å²) >= 11 is 0. The molecule has 0 aromatic heterocycles. The second kappa shape index (κ2) is 11.6. The summed E-state index contributed by atoms with van der Waals surface area (Å²) in [5.74, 6) is 0. The third-order valence-electron chi connectivity index (χ3n) is 8.62. The maximum absolute atomic E-state index is 2.37. The molecule has 45 heavy (non-hydrogen) atoms. The summed E-state index contributed by atoms with van der Waals surface area (Å²) in [5, 5.41) is 5.00. The second-order valence-corrected chi connectivity index (χ2v) is 11.4.